The van der Waals surface area contributed by atoms with E-state index in [1.165, 1.54) is 0 Å². The van der Waals surface area contributed by atoms with Crippen molar-refractivity contribution in [3.8, 4) is 0 Å². The molecule has 0 saturated carbocycles. The van der Waals surface area contributed by atoms with Gasteiger partial charge in [0.2, 0.25) is 11.8 Å². The number of rotatable bonds is 3. The van der Waals surface area contributed by atoms with Crippen molar-refractivity contribution in [1.82, 2.24) is 20.0 Å². The van der Waals surface area contributed by atoms with Gasteiger partial charge >= 0.3 is 0 Å². The van der Waals surface area contributed by atoms with Crippen LogP contribution in [-0.4, -0.2) is 39.0 Å². The minimum Gasteiger partial charge on any atom is -0.358 e. The molecule has 2 aromatic heterocycles. The molecular weight excluding hydrogens is 316 g/mol. The van der Waals surface area contributed by atoms with E-state index in [1.807, 2.05) is 30.0 Å². The van der Waals surface area contributed by atoms with Crippen LogP contribution in [0.25, 0.3) is 10.9 Å². The van der Waals surface area contributed by atoms with Gasteiger partial charge in [0.15, 0.2) is 5.82 Å². The van der Waals surface area contributed by atoms with Crippen LogP contribution in [0.5, 0.6) is 0 Å². The Balaban J connectivity index is 1.51. The molecule has 1 N–H and O–H groups in total. The number of fused-ring (bicyclic) bond motifs is 1. The molecule has 6 heteroatoms. The summed E-state index contributed by atoms with van der Waals surface area (Å²) in [5.41, 5.74) is 3.25. The summed E-state index contributed by atoms with van der Waals surface area (Å²) >= 11 is 0. The summed E-state index contributed by atoms with van der Waals surface area (Å²) in [7, 11) is 0. The molecule has 0 aliphatic carbocycles. The van der Waals surface area contributed by atoms with E-state index in [0.29, 0.717) is 18.9 Å². The van der Waals surface area contributed by atoms with Gasteiger partial charge in [0.1, 0.15) is 0 Å². The third kappa shape index (κ3) is 3.04. The minimum absolute atomic E-state index is 0.165. The van der Waals surface area contributed by atoms with E-state index in [4.69, 9.17) is 4.52 Å². The van der Waals surface area contributed by atoms with E-state index < -0.39 is 0 Å². The van der Waals surface area contributed by atoms with Gasteiger partial charge in [-0.2, -0.15) is 4.98 Å². The highest BCUT2D eigenvalue weighted by Crippen LogP contribution is 2.27. The summed E-state index contributed by atoms with van der Waals surface area (Å²) in [6.45, 7) is 5.29. The first-order valence-corrected chi connectivity index (χ1v) is 8.76. The summed E-state index contributed by atoms with van der Waals surface area (Å²) in [4.78, 5) is 22.5. The number of nitrogens with one attached hydrogen (secondary N) is 1. The number of hydrogen-bond acceptors (Lipinski definition) is 4. The van der Waals surface area contributed by atoms with Gasteiger partial charge in [-0.05, 0) is 31.4 Å². The topological polar surface area (TPSA) is 75.0 Å². The smallest absolute Gasteiger partial charge is 0.227 e. The number of hydrogen-bond donors (Lipinski definition) is 1. The molecule has 0 radical (unpaired) electrons. The number of H-pyrrole nitrogens is 1. The number of carbonyl (C=O) groups excluding carboxylic acids is 1. The van der Waals surface area contributed by atoms with E-state index >= 15 is 0 Å². The molecule has 1 atom stereocenters. The van der Waals surface area contributed by atoms with E-state index in [9.17, 15) is 4.79 Å². The molecule has 1 amide bonds. The normalized spacial score (nSPS) is 18.0. The van der Waals surface area contributed by atoms with Crippen LogP contribution in [0.2, 0.25) is 0 Å². The van der Waals surface area contributed by atoms with Gasteiger partial charge in [-0.15, -0.1) is 0 Å². The molecule has 0 unspecified atom stereocenters. The lowest BCUT2D eigenvalue weighted by molar-refractivity contribution is -0.131. The highest BCUT2D eigenvalue weighted by Gasteiger charge is 2.28. The Morgan fingerprint density at radius 1 is 1.36 bits per heavy atom. The fraction of sp³-hybridized carbons (Fsp3) is 0.421. The van der Waals surface area contributed by atoms with Crippen LogP contribution in [-0.2, 0) is 11.2 Å². The molecule has 1 aromatic carbocycles. The quantitative estimate of drug-likeness (QED) is 0.796. The molecule has 1 aliphatic heterocycles. The van der Waals surface area contributed by atoms with Crippen LogP contribution in [0, 0.1) is 13.8 Å². The van der Waals surface area contributed by atoms with Crippen molar-refractivity contribution in [2.24, 2.45) is 0 Å². The zero-order chi connectivity index (χ0) is 17.4. The first-order chi connectivity index (χ1) is 12.1. The molecule has 0 spiro atoms. The van der Waals surface area contributed by atoms with Crippen LogP contribution in [0.1, 0.15) is 41.7 Å². The van der Waals surface area contributed by atoms with E-state index in [0.717, 1.165) is 47.4 Å². The molecular formula is C19H22N4O2. The van der Waals surface area contributed by atoms with Crippen molar-refractivity contribution in [2.75, 3.05) is 13.1 Å². The predicted octanol–water partition coefficient (Wildman–Crippen LogP) is 3.12. The lowest BCUT2D eigenvalue weighted by atomic mass is 9.96. The number of benzene rings is 1. The second-order valence-corrected chi connectivity index (χ2v) is 6.80. The fourth-order valence-corrected chi connectivity index (χ4v) is 3.72. The number of aryl methyl sites for hydroxylation is 2. The van der Waals surface area contributed by atoms with E-state index in [2.05, 4.69) is 21.2 Å². The molecule has 25 heavy (non-hydrogen) atoms. The first-order valence-electron chi connectivity index (χ1n) is 8.76. The maximum absolute atomic E-state index is 12.9. The van der Waals surface area contributed by atoms with Crippen LogP contribution in [0.4, 0.5) is 0 Å². The van der Waals surface area contributed by atoms with Crippen LogP contribution in [0.3, 0.4) is 0 Å². The monoisotopic (exact) mass is 338 g/mol. The number of amides is 1. The third-order valence-electron chi connectivity index (χ3n) is 5.04. The van der Waals surface area contributed by atoms with Gasteiger partial charge < -0.3 is 14.4 Å². The van der Waals surface area contributed by atoms with Crippen molar-refractivity contribution in [3.63, 3.8) is 0 Å². The van der Waals surface area contributed by atoms with Gasteiger partial charge in [-0.3, -0.25) is 4.79 Å². The van der Waals surface area contributed by atoms with Crippen molar-refractivity contribution in [3.05, 3.63) is 47.2 Å². The Morgan fingerprint density at radius 2 is 2.20 bits per heavy atom. The summed E-state index contributed by atoms with van der Waals surface area (Å²) < 4.78 is 5.09. The number of likely N-dealkylation sites (tertiary alicyclic amines) is 1. The van der Waals surface area contributed by atoms with Gasteiger partial charge in [-0.25, -0.2) is 0 Å². The maximum atomic E-state index is 12.9. The van der Waals surface area contributed by atoms with Crippen molar-refractivity contribution in [1.29, 1.82) is 0 Å². The maximum Gasteiger partial charge on any atom is 0.227 e. The average Bonchev–Trinajstić information content (AvgIpc) is 3.19. The summed E-state index contributed by atoms with van der Waals surface area (Å²) in [6.07, 6.45) is 2.39. The Hall–Kier alpha value is -2.63. The van der Waals surface area contributed by atoms with Crippen molar-refractivity contribution in [2.45, 2.75) is 39.0 Å². The number of para-hydroxylation sites is 1. The van der Waals surface area contributed by atoms with Crippen molar-refractivity contribution >= 4 is 16.8 Å². The molecule has 1 aliphatic rings. The number of piperidine rings is 1. The Morgan fingerprint density at radius 3 is 3.00 bits per heavy atom. The standard InChI is InChI=1S/C19H22N4O2/c1-12-16(15-7-3-4-8-17(15)20-12)10-18(24)23-9-5-6-14(11-23)19-21-13(2)25-22-19/h3-4,7-8,14,20H,5-6,9-11H2,1-2H3/t14-/m0/s1. The van der Waals surface area contributed by atoms with Crippen LogP contribution in [0.15, 0.2) is 28.8 Å². The lowest BCUT2D eigenvalue weighted by Gasteiger charge is -2.31. The molecule has 130 valence electrons. The summed E-state index contributed by atoms with van der Waals surface area (Å²) in [5, 5.41) is 5.17. The minimum atomic E-state index is 0.165. The zero-order valence-corrected chi connectivity index (χ0v) is 14.6. The van der Waals surface area contributed by atoms with Crippen molar-refractivity contribution < 1.29 is 9.32 Å². The molecule has 4 rings (SSSR count). The van der Waals surface area contributed by atoms with E-state index in [1.54, 1.807) is 6.92 Å². The molecule has 3 heterocycles. The van der Waals surface area contributed by atoms with E-state index in [-0.39, 0.29) is 11.8 Å². The molecule has 1 saturated heterocycles. The van der Waals surface area contributed by atoms with Gasteiger partial charge in [0.05, 0.1) is 6.42 Å². The summed E-state index contributed by atoms with van der Waals surface area (Å²) in [5.74, 6) is 1.63. The number of carbonyl (C=O) groups is 1. The summed E-state index contributed by atoms with van der Waals surface area (Å²) in [6, 6.07) is 8.14. The number of aromatic nitrogens is 3. The zero-order valence-electron chi connectivity index (χ0n) is 14.6. The highest BCUT2D eigenvalue weighted by molar-refractivity contribution is 5.90. The van der Waals surface area contributed by atoms with Gasteiger partial charge in [-0.1, -0.05) is 23.4 Å². The Labute approximate surface area is 146 Å². The Bertz CT molecular complexity index is 911. The van der Waals surface area contributed by atoms with Crippen LogP contribution < -0.4 is 0 Å². The molecule has 1 fully saturated rings. The first kappa shape index (κ1) is 15.9. The molecule has 0 bridgehead atoms. The van der Waals surface area contributed by atoms with Gasteiger partial charge in [0, 0.05) is 42.5 Å². The SMILES string of the molecule is Cc1nc([C@H]2CCCN(C(=O)Cc3c(C)[nH]c4ccccc34)C2)no1. The highest BCUT2D eigenvalue weighted by atomic mass is 16.5. The second kappa shape index (κ2) is 6.35. The lowest BCUT2D eigenvalue weighted by Crippen LogP contribution is -2.40. The Kier molecular flexibility index (Phi) is 4.03. The number of aromatic amines is 1. The van der Waals surface area contributed by atoms with Crippen LogP contribution >= 0.6 is 0 Å². The molecule has 6 nitrogen and oxygen atoms in total. The average molecular weight is 338 g/mol. The second-order valence-electron chi connectivity index (χ2n) is 6.80. The third-order valence-corrected chi connectivity index (χ3v) is 5.04. The number of nitrogens with zero attached hydrogens (tertiary/aromatic N) is 3. The largest absolute Gasteiger partial charge is 0.358 e. The van der Waals surface area contributed by atoms with Gasteiger partial charge in [0.25, 0.3) is 0 Å². The molecule has 3 aromatic rings. The predicted molar refractivity (Wildman–Crippen MR) is 94.3 cm³/mol. The fourth-order valence-electron chi connectivity index (χ4n) is 3.72.